The largest absolute Gasteiger partial charge is 0.318 e. The van der Waals surface area contributed by atoms with Crippen LogP contribution in [0.3, 0.4) is 0 Å². The minimum Gasteiger partial charge on any atom is -0.318 e. The van der Waals surface area contributed by atoms with E-state index in [1.807, 2.05) is 13.8 Å². The van der Waals surface area contributed by atoms with Gasteiger partial charge in [0.05, 0.1) is 5.25 Å². The summed E-state index contributed by atoms with van der Waals surface area (Å²) in [6.07, 6.45) is 1.73. The van der Waals surface area contributed by atoms with Crippen molar-refractivity contribution in [2.75, 3.05) is 26.7 Å². The fourth-order valence-corrected chi connectivity index (χ4v) is 3.27. The average molecular weight is 236 g/mol. The van der Waals surface area contributed by atoms with Gasteiger partial charge in [-0.1, -0.05) is 13.8 Å². The Bertz CT molecular complexity index is 246. The molecule has 0 aromatic heterocycles. The molecule has 0 aromatic carbocycles. The van der Waals surface area contributed by atoms with E-state index in [-0.39, 0.29) is 5.25 Å². The fraction of sp³-hybridized carbons (Fsp3) is 1.00. The molecule has 0 heterocycles. The van der Waals surface area contributed by atoms with Crippen molar-refractivity contribution in [3.05, 3.63) is 0 Å². The van der Waals surface area contributed by atoms with E-state index in [4.69, 9.17) is 0 Å². The summed E-state index contributed by atoms with van der Waals surface area (Å²) in [5.74, 6) is 0. The van der Waals surface area contributed by atoms with Crippen molar-refractivity contribution in [1.29, 1.82) is 0 Å². The van der Waals surface area contributed by atoms with Gasteiger partial charge in [-0.2, -0.15) is 0 Å². The van der Waals surface area contributed by atoms with Crippen molar-refractivity contribution in [3.63, 3.8) is 0 Å². The second kappa shape index (κ2) is 7.19. The highest BCUT2D eigenvalue weighted by Crippen LogP contribution is 2.09. The first-order valence-electron chi connectivity index (χ1n) is 5.64. The summed E-state index contributed by atoms with van der Waals surface area (Å²) in [6.45, 7) is 7.52. The lowest BCUT2D eigenvalue weighted by Gasteiger charge is -2.24. The van der Waals surface area contributed by atoms with Gasteiger partial charge in [0.2, 0.25) is 10.0 Å². The topological polar surface area (TPSA) is 49.4 Å². The van der Waals surface area contributed by atoms with Gasteiger partial charge in [0.25, 0.3) is 0 Å². The van der Waals surface area contributed by atoms with Gasteiger partial charge >= 0.3 is 0 Å². The lowest BCUT2D eigenvalue weighted by molar-refractivity contribution is 0.402. The molecule has 5 heteroatoms. The first-order valence-corrected chi connectivity index (χ1v) is 7.14. The van der Waals surface area contributed by atoms with Crippen LogP contribution in [0.1, 0.15) is 33.6 Å². The highest BCUT2D eigenvalue weighted by molar-refractivity contribution is 7.89. The van der Waals surface area contributed by atoms with Gasteiger partial charge in [-0.25, -0.2) is 12.7 Å². The van der Waals surface area contributed by atoms with Gasteiger partial charge in [-0.3, -0.25) is 0 Å². The first kappa shape index (κ1) is 14.9. The summed E-state index contributed by atoms with van der Waals surface area (Å²) in [4.78, 5) is 0. The number of sulfonamides is 1. The van der Waals surface area contributed by atoms with Crippen LogP contribution in [0.4, 0.5) is 0 Å². The smallest absolute Gasteiger partial charge is 0.217 e. The minimum absolute atomic E-state index is 0.347. The molecule has 0 bridgehead atoms. The molecule has 1 N–H and O–H groups in total. The number of nitrogens with zero attached hydrogens (tertiary/aromatic N) is 1. The van der Waals surface area contributed by atoms with E-state index in [2.05, 4.69) is 5.32 Å². The van der Waals surface area contributed by atoms with Crippen molar-refractivity contribution >= 4 is 10.0 Å². The molecule has 0 aliphatic rings. The van der Waals surface area contributed by atoms with Gasteiger partial charge in [-0.05, 0) is 26.8 Å². The van der Waals surface area contributed by atoms with Crippen molar-refractivity contribution in [2.24, 2.45) is 0 Å². The second-order valence-corrected chi connectivity index (χ2v) is 6.16. The molecule has 0 fully saturated rings. The molecule has 0 aliphatic heterocycles. The molecule has 1 atom stereocenters. The number of hydrogen-bond donors (Lipinski definition) is 1. The third-order valence-electron chi connectivity index (χ3n) is 2.31. The maximum absolute atomic E-state index is 12.1. The van der Waals surface area contributed by atoms with Gasteiger partial charge in [0.15, 0.2) is 0 Å². The summed E-state index contributed by atoms with van der Waals surface area (Å²) in [5, 5.41) is 2.56. The van der Waals surface area contributed by atoms with Crippen molar-refractivity contribution in [1.82, 2.24) is 9.62 Å². The monoisotopic (exact) mass is 236 g/mol. The van der Waals surface area contributed by atoms with Gasteiger partial charge in [0.1, 0.15) is 0 Å². The molecule has 0 rings (SSSR count). The molecule has 0 saturated heterocycles. The predicted octanol–water partition coefficient (Wildman–Crippen LogP) is 1.05. The van der Waals surface area contributed by atoms with E-state index in [1.165, 1.54) is 0 Å². The zero-order chi connectivity index (χ0) is 11.9. The molecule has 0 amide bonds. The number of rotatable bonds is 8. The van der Waals surface area contributed by atoms with E-state index in [1.54, 1.807) is 18.3 Å². The van der Waals surface area contributed by atoms with Crippen LogP contribution in [-0.4, -0.2) is 44.7 Å². The Labute approximate surface area is 94.1 Å². The van der Waals surface area contributed by atoms with Gasteiger partial charge in [-0.15, -0.1) is 0 Å². The zero-order valence-corrected chi connectivity index (χ0v) is 11.1. The summed E-state index contributed by atoms with van der Waals surface area (Å²) in [6, 6.07) is 0. The van der Waals surface area contributed by atoms with Crippen LogP contribution >= 0.6 is 0 Å². The highest BCUT2D eigenvalue weighted by atomic mass is 32.2. The summed E-state index contributed by atoms with van der Waals surface area (Å²) in [7, 11) is -1.34. The average Bonchev–Trinajstić information content (AvgIpc) is 2.18. The lowest BCUT2D eigenvalue weighted by Crippen LogP contribution is -2.42. The highest BCUT2D eigenvalue weighted by Gasteiger charge is 2.26. The molecule has 15 heavy (non-hydrogen) atoms. The quantitative estimate of drug-likeness (QED) is 0.685. The second-order valence-electron chi connectivity index (χ2n) is 3.81. The van der Waals surface area contributed by atoms with E-state index < -0.39 is 10.0 Å². The molecule has 1 unspecified atom stereocenters. The first-order chi connectivity index (χ1) is 7.00. The molecule has 4 nitrogen and oxygen atoms in total. The molecule has 0 radical (unpaired) electrons. The maximum Gasteiger partial charge on any atom is 0.217 e. The molecule has 0 saturated carbocycles. The third-order valence-corrected chi connectivity index (χ3v) is 4.57. The van der Waals surface area contributed by atoms with Crippen molar-refractivity contribution in [2.45, 2.75) is 38.9 Å². The van der Waals surface area contributed by atoms with E-state index in [0.29, 0.717) is 19.6 Å². The predicted molar refractivity (Wildman–Crippen MR) is 64.5 cm³/mol. The van der Waals surface area contributed by atoms with Crippen LogP contribution < -0.4 is 5.32 Å². The van der Waals surface area contributed by atoms with Crippen LogP contribution in [-0.2, 0) is 10.0 Å². The zero-order valence-electron chi connectivity index (χ0n) is 10.3. The molecule has 0 spiro atoms. The summed E-state index contributed by atoms with van der Waals surface area (Å²) in [5.41, 5.74) is 0. The fourth-order valence-electron chi connectivity index (χ4n) is 1.51. The Morgan fingerprint density at radius 3 is 2.00 bits per heavy atom. The van der Waals surface area contributed by atoms with E-state index in [0.717, 1.165) is 12.8 Å². The summed E-state index contributed by atoms with van der Waals surface area (Å²) >= 11 is 0. The Morgan fingerprint density at radius 1 is 1.20 bits per heavy atom. The van der Waals surface area contributed by atoms with Crippen LogP contribution in [0.2, 0.25) is 0 Å². The lowest BCUT2D eigenvalue weighted by atomic mass is 10.4. The maximum atomic E-state index is 12.1. The Hall–Kier alpha value is -0.130. The number of hydrogen-bond acceptors (Lipinski definition) is 3. The summed E-state index contributed by atoms with van der Waals surface area (Å²) < 4.78 is 25.8. The Morgan fingerprint density at radius 2 is 1.67 bits per heavy atom. The third kappa shape index (κ3) is 4.49. The normalized spacial score (nSPS) is 14.5. The van der Waals surface area contributed by atoms with Crippen molar-refractivity contribution in [3.8, 4) is 0 Å². The van der Waals surface area contributed by atoms with E-state index >= 15 is 0 Å². The van der Waals surface area contributed by atoms with Crippen molar-refractivity contribution < 1.29 is 8.42 Å². The minimum atomic E-state index is -3.12. The molecule has 0 aliphatic carbocycles. The van der Waals surface area contributed by atoms with Gasteiger partial charge < -0.3 is 5.32 Å². The van der Waals surface area contributed by atoms with Crippen LogP contribution in [0, 0.1) is 0 Å². The molecule has 0 aromatic rings. The van der Waals surface area contributed by atoms with E-state index in [9.17, 15) is 8.42 Å². The van der Waals surface area contributed by atoms with Crippen LogP contribution in [0.5, 0.6) is 0 Å². The standard InChI is InChI=1S/C10H24N2O2S/c1-5-7-12(8-6-2)15(13,14)10(3)9-11-4/h10-11H,5-9H2,1-4H3. The van der Waals surface area contributed by atoms with Crippen LogP contribution in [0.15, 0.2) is 0 Å². The molecule has 92 valence electrons. The van der Waals surface area contributed by atoms with Gasteiger partial charge in [0, 0.05) is 19.6 Å². The van der Waals surface area contributed by atoms with Crippen LogP contribution in [0.25, 0.3) is 0 Å². The number of nitrogens with one attached hydrogen (secondary N) is 1. The molecular formula is C10H24N2O2S. The Kier molecular flexibility index (Phi) is 7.13. The molecular weight excluding hydrogens is 212 g/mol. The SMILES string of the molecule is CCCN(CCC)S(=O)(=O)C(C)CNC. The Balaban J connectivity index is 4.61.